The zero-order chi connectivity index (χ0) is 14.1. The molecule has 0 aliphatic rings. The molecule has 102 valence electrons. The third kappa shape index (κ3) is 2.18. The molecule has 0 spiro atoms. The zero-order valence-corrected chi connectivity index (χ0v) is 11.2. The van der Waals surface area contributed by atoms with Gasteiger partial charge in [-0.15, -0.1) is 0 Å². The summed E-state index contributed by atoms with van der Waals surface area (Å²) in [7, 11) is 0. The number of furan rings is 1. The van der Waals surface area contributed by atoms with Gasteiger partial charge in [0, 0.05) is 24.3 Å². The molecule has 0 aliphatic carbocycles. The number of pyridine rings is 1. The Hall–Kier alpha value is -2.95. The Bertz CT molecular complexity index is 911. The molecule has 0 amide bonds. The first kappa shape index (κ1) is 11.8. The van der Waals surface area contributed by atoms with Crippen molar-refractivity contribution in [2.45, 2.75) is 6.54 Å². The molecule has 3 heterocycles. The highest BCUT2D eigenvalue weighted by Crippen LogP contribution is 2.20. The summed E-state index contributed by atoms with van der Waals surface area (Å²) in [4.78, 5) is 12.7. The number of anilines is 1. The minimum atomic E-state index is 0.683. The quantitative estimate of drug-likeness (QED) is 0.621. The highest BCUT2D eigenvalue weighted by molar-refractivity contribution is 5.87. The van der Waals surface area contributed by atoms with Gasteiger partial charge >= 0.3 is 0 Å². The minimum absolute atomic E-state index is 0.683. The van der Waals surface area contributed by atoms with E-state index in [1.807, 2.05) is 24.3 Å². The van der Waals surface area contributed by atoms with E-state index in [9.17, 15) is 0 Å². The van der Waals surface area contributed by atoms with Crippen LogP contribution in [0, 0.1) is 0 Å². The third-order valence-corrected chi connectivity index (χ3v) is 3.41. The molecule has 1 N–H and O–H groups in total. The maximum absolute atomic E-state index is 5.34. The molecule has 5 nitrogen and oxygen atoms in total. The number of rotatable bonds is 3. The average molecular weight is 276 g/mol. The van der Waals surface area contributed by atoms with Gasteiger partial charge in [0.1, 0.15) is 17.7 Å². The number of fused-ring (bicyclic) bond motifs is 2. The second-order valence-electron chi connectivity index (χ2n) is 4.76. The smallest absolute Gasteiger partial charge is 0.139 e. The van der Waals surface area contributed by atoms with Crippen LogP contribution in [-0.4, -0.2) is 15.0 Å². The van der Waals surface area contributed by atoms with E-state index in [0.29, 0.717) is 6.54 Å². The van der Waals surface area contributed by atoms with Crippen LogP contribution in [0.5, 0.6) is 0 Å². The second-order valence-corrected chi connectivity index (χ2v) is 4.76. The van der Waals surface area contributed by atoms with Gasteiger partial charge in [0.25, 0.3) is 0 Å². The van der Waals surface area contributed by atoms with Crippen LogP contribution < -0.4 is 5.32 Å². The summed E-state index contributed by atoms with van der Waals surface area (Å²) in [6.07, 6.45) is 6.76. The van der Waals surface area contributed by atoms with Crippen molar-refractivity contribution < 1.29 is 4.42 Å². The molecule has 21 heavy (non-hydrogen) atoms. The number of aromatic nitrogens is 3. The molecule has 3 aromatic heterocycles. The van der Waals surface area contributed by atoms with Gasteiger partial charge in [-0.3, -0.25) is 4.98 Å². The molecular formula is C16H12N4O. The van der Waals surface area contributed by atoms with E-state index in [0.717, 1.165) is 27.7 Å². The van der Waals surface area contributed by atoms with Gasteiger partial charge in [0.15, 0.2) is 0 Å². The summed E-state index contributed by atoms with van der Waals surface area (Å²) < 4.78 is 5.34. The topological polar surface area (TPSA) is 63.8 Å². The number of benzene rings is 1. The van der Waals surface area contributed by atoms with Gasteiger partial charge < -0.3 is 9.73 Å². The summed E-state index contributed by atoms with van der Waals surface area (Å²) >= 11 is 0. The summed E-state index contributed by atoms with van der Waals surface area (Å²) in [6, 6.07) is 9.96. The molecule has 0 bridgehead atoms. The fourth-order valence-corrected chi connectivity index (χ4v) is 2.35. The molecule has 5 heteroatoms. The lowest BCUT2D eigenvalue weighted by Gasteiger charge is -2.08. The Labute approximate surface area is 120 Å². The summed E-state index contributed by atoms with van der Waals surface area (Å²) in [6.45, 7) is 0.683. The zero-order valence-electron chi connectivity index (χ0n) is 11.2. The van der Waals surface area contributed by atoms with E-state index in [-0.39, 0.29) is 0 Å². The monoisotopic (exact) mass is 276 g/mol. The Balaban J connectivity index is 1.63. The normalized spacial score (nSPS) is 11.0. The first-order valence-electron chi connectivity index (χ1n) is 6.65. The Kier molecular flexibility index (Phi) is 2.74. The lowest BCUT2D eigenvalue weighted by atomic mass is 10.1. The van der Waals surface area contributed by atoms with Crippen molar-refractivity contribution in [2.24, 2.45) is 0 Å². The third-order valence-electron chi connectivity index (χ3n) is 3.41. The molecule has 4 aromatic rings. The summed E-state index contributed by atoms with van der Waals surface area (Å²) in [5.74, 6) is 0.792. The number of nitrogens with one attached hydrogen (secondary N) is 1. The van der Waals surface area contributed by atoms with Crippen molar-refractivity contribution in [3.05, 3.63) is 60.9 Å². The van der Waals surface area contributed by atoms with Crippen LogP contribution in [0.3, 0.4) is 0 Å². The highest BCUT2D eigenvalue weighted by Gasteiger charge is 2.04. The predicted molar refractivity (Wildman–Crippen MR) is 80.9 cm³/mol. The van der Waals surface area contributed by atoms with Crippen molar-refractivity contribution in [3.8, 4) is 0 Å². The Morgan fingerprint density at radius 3 is 3.10 bits per heavy atom. The molecule has 0 atom stereocenters. The van der Waals surface area contributed by atoms with Crippen molar-refractivity contribution in [1.82, 2.24) is 15.0 Å². The van der Waals surface area contributed by atoms with Crippen LogP contribution in [0.2, 0.25) is 0 Å². The number of nitrogens with zero attached hydrogens (tertiary/aromatic N) is 3. The van der Waals surface area contributed by atoms with Crippen molar-refractivity contribution in [1.29, 1.82) is 0 Å². The van der Waals surface area contributed by atoms with E-state index >= 15 is 0 Å². The van der Waals surface area contributed by atoms with Gasteiger partial charge in [-0.2, -0.15) is 0 Å². The van der Waals surface area contributed by atoms with Gasteiger partial charge in [-0.25, -0.2) is 9.97 Å². The van der Waals surface area contributed by atoms with Crippen LogP contribution in [0.4, 0.5) is 5.82 Å². The SMILES string of the molecule is c1cc2ncnc(NCc3ccc4occc4c3)c2cn1. The molecule has 0 aliphatic heterocycles. The van der Waals surface area contributed by atoms with E-state index in [1.54, 1.807) is 25.0 Å². The van der Waals surface area contributed by atoms with Crippen molar-refractivity contribution >= 4 is 27.7 Å². The number of hydrogen-bond donors (Lipinski definition) is 1. The molecule has 0 saturated carbocycles. The maximum atomic E-state index is 5.34. The molecule has 0 fully saturated rings. The van der Waals surface area contributed by atoms with Gasteiger partial charge in [0.2, 0.25) is 0 Å². The predicted octanol–water partition coefficient (Wildman–Crippen LogP) is 3.38. The van der Waals surface area contributed by atoms with Crippen LogP contribution in [-0.2, 0) is 6.54 Å². The van der Waals surface area contributed by atoms with Crippen LogP contribution in [0.25, 0.3) is 21.9 Å². The van der Waals surface area contributed by atoms with Gasteiger partial charge in [-0.05, 0) is 29.8 Å². The highest BCUT2D eigenvalue weighted by atomic mass is 16.3. The van der Waals surface area contributed by atoms with Crippen molar-refractivity contribution in [2.75, 3.05) is 5.32 Å². The molecular weight excluding hydrogens is 264 g/mol. The summed E-state index contributed by atoms with van der Waals surface area (Å²) in [5, 5.41) is 5.36. The fraction of sp³-hybridized carbons (Fsp3) is 0.0625. The Morgan fingerprint density at radius 2 is 2.10 bits per heavy atom. The average Bonchev–Trinajstić information content (AvgIpc) is 3.00. The Morgan fingerprint density at radius 1 is 1.10 bits per heavy atom. The van der Waals surface area contributed by atoms with Gasteiger partial charge in [0.05, 0.1) is 17.2 Å². The lowest BCUT2D eigenvalue weighted by molar-refractivity contribution is 0.616. The lowest BCUT2D eigenvalue weighted by Crippen LogP contribution is -2.02. The first-order chi connectivity index (χ1) is 10.4. The molecule has 0 saturated heterocycles. The fourth-order valence-electron chi connectivity index (χ4n) is 2.35. The molecule has 1 aromatic carbocycles. The van der Waals surface area contributed by atoms with Gasteiger partial charge in [-0.1, -0.05) is 6.07 Å². The van der Waals surface area contributed by atoms with Crippen LogP contribution in [0.15, 0.2) is 59.7 Å². The minimum Gasteiger partial charge on any atom is -0.464 e. The molecule has 4 rings (SSSR count). The first-order valence-corrected chi connectivity index (χ1v) is 6.65. The maximum Gasteiger partial charge on any atom is 0.139 e. The van der Waals surface area contributed by atoms with E-state index in [2.05, 4.69) is 26.3 Å². The van der Waals surface area contributed by atoms with Crippen LogP contribution in [0.1, 0.15) is 5.56 Å². The van der Waals surface area contributed by atoms with Crippen molar-refractivity contribution in [3.63, 3.8) is 0 Å². The number of hydrogen-bond acceptors (Lipinski definition) is 5. The molecule has 0 radical (unpaired) electrons. The van der Waals surface area contributed by atoms with E-state index in [4.69, 9.17) is 4.42 Å². The summed E-state index contributed by atoms with van der Waals surface area (Å²) in [5.41, 5.74) is 2.95. The largest absolute Gasteiger partial charge is 0.464 e. The van der Waals surface area contributed by atoms with Crippen LogP contribution >= 0.6 is 0 Å². The molecule has 0 unspecified atom stereocenters. The second kappa shape index (κ2) is 4.86. The standard InChI is InChI=1S/C16H12N4O/c1-2-15-12(4-6-21-15)7-11(1)8-18-16-13-9-17-5-3-14(13)19-10-20-16/h1-7,9-10H,8H2,(H,18,19,20). The van der Waals surface area contributed by atoms with E-state index in [1.165, 1.54) is 5.56 Å². The van der Waals surface area contributed by atoms with E-state index < -0.39 is 0 Å².